The van der Waals surface area contributed by atoms with Crippen LogP contribution in [0.3, 0.4) is 0 Å². The highest BCUT2D eigenvalue weighted by atomic mass is 32.2. The molecule has 0 saturated carbocycles. The van der Waals surface area contributed by atoms with Gasteiger partial charge in [-0.1, -0.05) is 25.1 Å². The molecule has 4 nitrogen and oxygen atoms in total. The second-order valence-corrected chi connectivity index (χ2v) is 8.65. The summed E-state index contributed by atoms with van der Waals surface area (Å²) in [7, 11) is -3.23. The molecule has 0 aliphatic rings. The number of amides is 1. The molecule has 1 amide bonds. The fourth-order valence-corrected chi connectivity index (χ4v) is 3.82. The summed E-state index contributed by atoms with van der Waals surface area (Å²) in [6, 6.07) is 16.2. The molecule has 128 valence electrons. The van der Waals surface area contributed by atoms with E-state index in [2.05, 4.69) is 17.4 Å². The molecular formula is C18H21NO3S2. The van der Waals surface area contributed by atoms with Crippen LogP contribution in [0.2, 0.25) is 0 Å². The predicted molar refractivity (Wildman–Crippen MR) is 98.3 cm³/mol. The van der Waals surface area contributed by atoms with Gasteiger partial charge in [-0.25, -0.2) is 8.42 Å². The number of hydrogen-bond acceptors (Lipinski definition) is 4. The molecule has 0 radical (unpaired) electrons. The standard InChI is InChI=1S/C18H21NO3S2/c1-2-24(21,22)17-11-9-15(10-12-17)18(20)19-13-6-14-23-16-7-4-3-5-8-16/h3-5,7-12H,2,6,13-14H2,1H3,(H,19,20). The van der Waals surface area contributed by atoms with Gasteiger partial charge in [-0.05, 0) is 48.6 Å². The van der Waals surface area contributed by atoms with Crippen LogP contribution in [-0.4, -0.2) is 32.4 Å². The maximum Gasteiger partial charge on any atom is 0.251 e. The van der Waals surface area contributed by atoms with Crippen LogP contribution in [0.25, 0.3) is 0 Å². The lowest BCUT2D eigenvalue weighted by Gasteiger charge is -2.06. The molecule has 1 N–H and O–H groups in total. The van der Waals surface area contributed by atoms with Crippen LogP contribution < -0.4 is 5.32 Å². The van der Waals surface area contributed by atoms with E-state index in [-0.39, 0.29) is 16.6 Å². The van der Waals surface area contributed by atoms with E-state index in [0.29, 0.717) is 12.1 Å². The van der Waals surface area contributed by atoms with Gasteiger partial charge in [0.15, 0.2) is 9.84 Å². The first kappa shape index (κ1) is 18.5. The first-order chi connectivity index (χ1) is 11.5. The number of carbonyl (C=O) groups is 1. The lowest BCUT2D eigenvalue weighted by atomic mass is 10.2. The zero-order valence-electron chi connectivity index (χ0n) is 13.6. The summed E-state index contributed by atoms with van der Waals surface area (Å²) < 4.78 is 23.5. The van der Waals surface area contributed by atoms with Crippen molar-refractivity contribution in [2.24, 2.45) is 0 Å². The Morgan fingerprint density at radius 2 is 1.71 bits per heavy atom. The molecule has 0 bridgehead atoms. The van der Waals surface area contributed by atoms with Crippen LogP contribution in [0.5, 0.6) is 0 Å². The van der Waals surface area contributed by atoms with E-state index in [1.165, 1.54) is 17.0 Å². The third kappa shape index (κ3) is 5.39. The second-order valence-electron chi connectivity index (χ2n) is 5.20. The molecule has 0 aromatic heterocycles. The van der Waals surface area contributed by atoms with Gasteiger partial charge in [0.25, 0.3) is 5.91 Å². The van der Waals surface area contributed by atoms with Gasteiger partial charge in [0.2, 0.25) is 0 Å². The molecule has 2 aromatic rings. The topological polar surface area (TPSA) is 63.2 Å². The van der Waals surface area contributed by atoms with Crippen molar-refractivity contribution in [2.45, 2.75) is 23.1 Å². The van der Waals surface area contributed by atoms with Gasteiger partial charge >= 0.3 is 0 Å². The molecule has 0 spiro atoms. The SMILES string of the molecule is CCS(=O)(=O)c1ccc(C(=O)NCCCSc2ccccc2)cc1. The Labute approximate surface area is 147 Å². The van der Waals surface area contributed by atoms with E-state index in [9.17, 15) is 13.2 Å². The molecule has 0 heterocycles. The van der Waals surface area contributed by atoms with Crippen molar-refractivity contribution in [1.29, 1.82) is 0 Å². The van der Waals surface area contributed by atoms with Gasteiger partial charge in [-0.15, -0.1) is 11.8 Å². The zero-order valence-corrected chi connectivity index (χ0v) is 15.2. The Morgan fingerprint density at radius 1 is 1.04 bits per heavy atom. The zero-order chi connectivity index (χ0) is 17.4. The Hall–Kier alpha value is -1.79. The number of thioether (sulfide) groups is 1. The van der Waals surface area contributed by atoms with Gasteiger partial charge in [0, 0.05) is 17.0 Å². The average Bonchev–Trinajstić information content (AvgIpc) is 2.62. The maximum absolute atomic E-state index is 12.0. The number of hydrogen-bond donors (Lipinski definition) is 1. The van der Waals surface area contributed by atoms with Crippen LogP contribution in [0.4, 0.5) is 0 Å². The first-order valence-electron chi connectivity index (χ1n) is 7.82. The van der Waals surface area contributed by atoms with Gasteiger partial charge in [0.05, 0.1) is 10.6 Å². The fourth-order valence-electron chi connectivity index (χ4n) is 2.06. The summed E-state index contributed by atoms with van der Waals surface area (Å²) in [4.78, 5) is 13.5. The maximum atomic E-state index is 12.0. The Kier molecular flexibility index (Phi) is 6.87. The lowest BCUT2D eigenvalue weighted by molar-refractivity contribution is 0.0953. The third-order valence-corrected chi connectivity index (χ3v) is 6.32. The summed E-state index contributed by atoms with van der Waals surface area (Å²) in [6.07, 6.45) is 0.869. The molecule has 0 aliphatic heterocycles. The van der Waals surface area contributed by atoms with Crippen molar-refractivity contribution in [2.75, 3.05) is 18.1 Å². The molecule has 6 heteroatoms. The van der Waals surface area contributed by atoms with E-state index in [1.54, 1.807) is 30.8 Å². The second kappa shape index (κ2) is 8.89. The molecule has 0 unspecified atom stereocenters. The highest BCUT2D eigenvalue weighted by Crippen LogP contribution is 2.17. The van der Waals surface area contributed by atoms with Crippen molar-refractivity contribution in [3.05, 3.63) is 60.2 Å². The third-order valence-electron chi connectivity index (χ3n) is 3.47. The number of carbonyl (C=O) groups excluding carboxylic acids is 1. The smallest absolute Gasteiger partial charge is 0.251 e. The quantitative estimate of drug-likeness (QED) is 0.577. The summed E-state index contributed by atoms with van der Waals surface area (Å²) in [6.45, 7) is 2.19. The van der Waals surface area contributed by atoms with E-state index < -0.39 is 9.84 Å². The number of sulfone groups is 1. The molecule has 2 rings (SSSR count). The molecule has 0 saturated heterocycles. The van der Waals surface area contributed by atoms with Crippen molar-refractivity contribution >= 4 is 27.5 Å². The van der Waals surface area contributed by atoms with Crippen molar-refractivity contribution in [3.8, 4) is 0 Å². The summed E-state index contributed by atoms with van der Waals surface area (Å²) in [5, 5.41) is 2.86. The van der Waals surface area contributed by atoms with Crippen LogP contribution in [0.1, 0.15) is 23.7 Å². The van der Waals surface area contributed by atoms with Gasteiger partial charge in [-0.2, -0.15) is 0 Å². The average molecular weight is 364 g/mol. The number of rotatable bonds is 8. The van der Waals surface area contributed by atoms with Gasteiger partial charge in [0.1, 0.15) is 0 Å². The molecule has 0 atom stereocenters. The summed E-state index contributed by atoms with van der Waals surface area (Å²) in [5.74, 6) is 0.801. The van der Waals surface area contributed by atoms with E-state index in [4.69, 9.17) is 0 Å². The van der Waals surface area contributed by atoms with Crippen molar-refractivity contribution < 1.29 is 13.2 Å². The van der Waals surface area contributed by atoms with Gasteiger partial charge < -0.3 is 5.32 Å². The van der Waals surface area contributed by atoms with E-state index >= 15 is 0 Å². The van der Waals surface area contributed by atoms with Crippen molar-refractivity contribution in [1.82, 2.24) is 5.32 Å². The highest BCUT2D eigenvalue weighted by molar-refractivity contribution is 7.99. The Morgan fingerprint density at radius 3 is 2.33 bits per heavy atom. The minimum Gasteiger partial charge on any atom is -0.352 e. The van der Waals surface area contributed by atoms with E-state index in [0.717, 1.165) is 12.2 Å². The van der Waals surface area contributed by atoms with Crippen LogP contribution in [0, 0.1) is 0 Å². The minimum atomic E-state index is -3.23. The fraction of sp³-hybridized carbons (Fsp3) is 0.278. The number of benzene rings is 2. The van der Waals surface area contributed by atoms with E-state index in [1.807, 2.05) is 18.2 Å². The Balaban J connectivity index is 1.76. The van der Waals surface area contributed by atoms with Gasteiger partial charge in [-0.3, -0.25) is 4.79 Å². The summed E-state index contributed by atoms with van der Waals surface area (Å²) >= 11 is 1.76. The van der Waals surface area contributed by atoms with Crippen LogP contribution in [-0.2, 0) is 9.84 Å². The summed E-state index contributed by atoms with van der Waals surface area (Å²) in [5.41, 5.74) is 0.473. The largest absolute Gasteiger partial charge is 0.352 e. The normalized spacial score (nSPS) is 11.2. The Bertz CT molecular complexity index is 757. The minimum absolute atomic E-state index is 0.0532. The van der Waals surface area contributed by atoms with Crippen LogP contribution >= 0.6 is 11.8 Å². The number of nitrogens with one attached hydrogen (secondary N) is 1. The first-order valence-corrected chi connectivity index (χ1v) is 10.5. The van der Waals surface area contributed by atoms with Crippen LogP contribution in [0.15, 0.2) is 64.4 Å². The molecule has 0 fully saturated rings. The monoisotopic (exact) mass is 363 g/mol. The lowest BCUT2D eigenvalue weighted by Crippen LogP contribution is -2.24. The molecule has 0 aliphatic carbocycles. The molecule has 2 aromatic carbocycles. The van der Waals surface area contributed by atoms with Crippen molar-refractivity contribution in [3.63, 3.8) is 0 Å². The predicted octanol–water partition coefficient (Wildman–Crippen LogP) is 3.39. The molecule has 24 heavy (non-hydrogen) atoms. The highest BCUT2D eigenvalue weighted by Gasteiger charge is 2.12. The molecular weight excluding hydrogens is 342 g/mol.